The van der Waals surface area contributed by atoms with Crippen LogP contribution in [0.3, 0.4) is 0 Å². The SMILES string of the molecule is C=C(I)CC(=O)NS. The molecule has 0 saturated heterocycles. The van der Waals surface area contributed by atoms with E-state index in [-0.39, 0.29) is 5.91 Å². The van der Waals surface area contributed by atoms with Gasteiger partial charge in [0.2, 0.25) is 5.91 Å². The van der Waals surface area contributed by atoms with Crippen molar-refractivity contribution in [3.8, 4) is 0 Å². The second kappa shape index (κ2) is 4.20. The summed E-state index contributed by atoms with van der Waals surface area (Å²) in [7, 11) is 0. The molecule has 8 heavy (non-hydrogen) atoms. The monoisotopic (exact) mass is 243 g/mol. The Morgan fingerprint density at radius 1 is 1.88 bits per heavy atom. The van der Waals surface area contributed by atoms with Crippen LogP contribution in [0.5, 0.6) is 0 Å². The van der Waals surface area contributed by atoms with Crippen LogP contribution in [0.2, 0.25) is 0 Å². The van der Waals surface area contributed by atoms with Gasteiger partial charge in [0.05, 0.1) is 6.42 Å². The molecule has 2 nitrogen and oxygen atoms in total. The third-order valence-corrected chi connectivity index (χ3v) is 1.11. The molecule has 0 aromatic heterocycles. The molecule has 1 N–H and O–H groups in total. The summed E-state index contributed by atoms with van der Waals surface area (Å²) in [6.07, 6.45) is 0.351. The van der Waals surface area contributed by atoms with E-state index in [9.17, 15) is 4.79 Å². The average Bonchev–Trinajstić information content (AvgIpc) is 1.65. The lowest BCUT2D eigenvalue weighted by Crippen LogP contribution is -2.10. The van der Waals surface area contributed by atoms with Crippen LogP contribution in [0.25, 0.3) is 0 Å². The van der Waals surface area contributed by atoms with Crippen LogP contribution in [0.15, 0.2) is 10.2 Å². The van der Waals surface area contributed by atoms with Crippen LogP contribution in [-0.4, -0.2) is 5.91 Å². The average molecular weight is 243 g/mol. The number of hydrogen-bond acceptors (Lipinski definition) is 2. The van der Waals surface area contributed by atoms with E-state index in [0.29, 0.717) is 6.42 Å². The van der Waals surface area contributed by atoms with Gasteiger partial charge in [-0.2, -0.15) is 0 Å². The van der Waals surface area contributed by atoms with Gasteiger partial charge in [-0.05, 0) is 26.2 Å². The normalized spacial score (nSPS) is 8.25. The van der Waals surface area contributed by atoms with Crippen LogP contribution in [0.1, 0.15) is 6.42 Å². The van der Waals surface area contributed by atoms with Crippen molar-refractivity contribution < 1.29 is 4.79 Å². The number of rotatable bonds is 2. The molecule has 0 unspecified atom stereocenters. The Morgan fingerprint density at radius 3 is 2.50 bits per heavy atom. The highest BCUT2D eigenvalue weighted by atomic mass is 127. The molecule has 0 aromatic rings. The van der Waals surface area contributed by atoms with Gasteiger partial charge in [0.15, 0.2) is 0 Å². The van der Waals surface area contributed by atoms with Gasteiger partial charge in [-0.1, -0.05) is 19.4 Å². The standard InChI is InChI=1S/C4H6INOS/c1-3(5)2-4(7)6-8/h8H,1-2H2,(H,6,7). The first-order chi connectivity index (χ1) is 3.66. The minimum Gasteiger partial charge on any atom is -0.302 e. The van der Waals surface area contributed by atoms with Crippen LogP contribution in [0, 0.1) is 0 Å². The van der Waals surface area contributed by atoms with Crippen LogP contribution in [-0.2, 0) is 4.79 Å². The van der Waals surface area contributed by atoms with E-state index >= 15 is 0 Å². The Balaban J connectivity index is 3.40. The summed E-state index contributed by atoms with van der Waals surface area (Å²) in [6.45, 7) is 3.53. The lowest BCUT2D eigenvalue weighted by molar-refractivity contribution is -0.118. The van der Waals surface area contributed by atoms with Crippen molar-refractivity contribution in [1.82, 2.24) is 4.72 Å². The maximum absolute atomic E-state index is 10.4. The molecule has 0 atom stereocenters. The number of amides is 1. The largest absolute Gasteiger partial charge is 0.302 e. The van der Waals surface area contributed by atoms with Crippen molar-refractivity contribution in [1.29, 1.82) is 0 Å². The van der Waals surface area contributed by atoms with E-state index in [1.54, 1.807) is 0 Å². The highest BCUT2D eigenvalue weighted by molar-refractivity contribution is 14.1. The molecule has 0 aliphatic rings. The summed E-state index contributed by atoms with van der Waals surface area (Å²) in [6, 6.07) is 0. The third-order valence-electron chi connectivity index (χ3n) is 0.477. The second-order valence-electron chi connectivity index (χ2n) is 1.23. The smallest absolute Gasteiger partial charge is 0.234 e. The van der Waals surface area contributed by atoms with Crippen molar-refractivity contribution in [3.63, 3.8) is 0 Å². The fraction of sp³-hybridized carbons (Fsp3) is 0.250. The minimum absolute atomic E-state index is 0.118. The first-order valence-electron chi connectivity index (χ1n) is 1.93. The molecule has 0 saturated carbocycles. The van der Waals surface area contributed by atoms with E-state index < -0.39 is 0 Å². The fourth-order valence-electron chi connectivity index (χ4n) is 0.214. The molecule has 0 aromatic carbocycles. The topological polar surface area (TPSA) is 29.1 Å². The maximum atomic E-state index is 10.4. The summed E-state index contributed by atoms with van der Waals surface area (Å²) >= 11 is 5.54. The Labute approximate surface area is 67.4 Å². The quantitative estimate of drug-likeness (QED) is 0.555. The van der Waals surface area contributed by atoms with E-state index in [4.69, 9.17) is 0 Å². The van der Waals surface area contributed by atoms with Gasteiger partial charge in [-0.25, -0.2) is 0 Å². The molecular formula is C4H6INOS. The van der Waals surface area contributed by atoms with Gasteiger partial charge in [0.25, 0.3) is 0 Å². The Hall–Kier alpha value is 0.290. The first kappa shape index (κ1) is 8.29. The minimum atomic E-state index is -0.118. The molecule has 1 amide bonds. The van der Waals surface area contributed by atoms with E-state index in [1.807, 2.05) is 22.6 Å². The first-order valence-corrected chi connectivity index (χ1v) is 3.45. The van der Waals surface area contributed by atoms with Crippen LogP contribution >= 0.6 is 35.4 Å². The molecule has 0 aliphatic heterocycles. The van der Waals surface area contributed by atoms with E-state index in [2.05, 4.69) is 24.1 Å². The van der Waals surface area contributed by atoms with Gasteiger partial charge >= 0.3 is 0 Å². The molecular weight excluding hydrogens is 237 g/mol. The third kappa shape index (κ3) is 4.45. The maximum Gasteiger partial charge on any atom is 0.234 e. The zero-order valence-electron chi connectivity index (χ0n) is 4.15. The van der Waals surface area contributed by atoms with E-state index in [0.717, 1.165) is 3.58 Å². The molecule has 0 aliphatic carbocycles. The van der Waals surface area contributed by atoms with Gasteiger partial charge in [-0.15, -0.1) is 0 Å². The van der Waals surface area contributed by atoms with E-state index in [1.165, 1.54) is 0 Å². The molecule has 46 valence electrons. The van der Waals surface area contributed by atoms with Gasteiger partial charge in [0, 0.05) is 0 Å². The summed E-state index contributed by atoms with van der Waals surface area (Å²) in [5.41, 5.74) is 0. The van der Waals surface area contributed by atoms with Crippen molar-refractivity contribution >= 4 is 41.3 Å². The molecule has 0 fully saturated rings. The van der Waals surface area contributed by atoms with Crippen molar-refractivity contribution in [2.75, 3.05) is 0 Å². The zero-order chi connectivity index (χ0) is 6.57. The number of hydrogen-bond donors (Lipinski definition) is 2. The molecule has 4 heteroatoms. The van der Waals surface area contributed by atoms with Crippen LogP contribution < -0.4 is 4.72 Å². The highest BCUT2D eigenvalue weighted by Crippen LogP contribution is 2.05. The molecule has 0 heterocycles. The second-order valence-corrected chi connectivity index (χ2v) is 2.98. The Kier molecular flexibility index (Phi) is 4.35. The number of carbonyl (C=O) groups is 1. The Bertz CT molecular complexity index is 115. The summed E-state index contributed by atoms with van der Waals surface area (Å²) in [5, 5.41) is 0. The molecule has 0 bridgehead atoms. The molecule has 0 radical (unpaired) electrons. The van der Waals surface area contributed by atoms with Crippen molar-refractivity contribution in [2.45, 2.75) is 6.42 Å². The predicted molar refractivity (Wildman–Crippen MR) is 44.9 cm³/mol. The van der Waals surface area contributed by atoms with Gasteiger partial charge in [-0.3, -0.25) is 4.79 Å². The summed E-state index contributed by atoms with van der Waals surface area (Å²) < 4.78 is 3.00. The fourth-order valence-corrected chi connectivity index (χ4v) is 0.639. The Morgan fingerprint density at radius 2 is 2.38 bits per heavy atom. The number of thiol groups is 1. The summed E-state index contributed by atoms with van der Waals surface area (Å²) in [4.78, 5) is 10.4. The van der Waals surface area contributed by atoms with Crippen molar-refractivity contribution in [2.24, 2.45) is 0 Å². The number of nitrogens with one attached hydrogen (secondary N) is 1. The lowest BCUT2D eigenvalue weighted by atomic mass is 10.4. The highest BCUT2D eigenvalue weighted by Gasteiger charge is 1.96. The van der Waals surface area contributed by atoms with Gasteiger partial charge in [0.1, 0.15) is 0 Å². The van der Waals surface area contributed by atoms with Crippen molar-refractivity contribution in [3.05, 3.63) is 10.2 Å². The number of halogens is 1. The lowest BCUT2D eigenvalue weighted by Gasteiger charge is -1.92. The van der Waals surface area contributed by atoms with Gasteiger partial charge < -0.3 is 4.72 Å². The molecule has 0 rings (SSSR count). The molecule has 0 spiro atoms. The zero-order valence-corrected chi connectivity index (χ0v) is 7.20. The number of carbonyl (C=O) groups excluding carboxylic acids is 1. The van der Waals surface area contributed by atoms with Crippen LogP contribution in [0.4, 0.5) is 0 Å². The predicted octanol–water partition coefficient (Wildman–Crippen LogP) is 1.29. The summed E-state index contributed by atoms with van der Waals surface area (Å²) in [5.74, 6) is -0.118.